The summed E-state index contributed by atoms with van der Waals surface area (Å²) in [7, 11) is 3.39. The molecule has 0 fully saturated rings. The fourth-order valence-electron chi connectivity index (χ4n) is 1.35. The van der Waals surface area contributed by atoms with Gasteiger partial charge in [-0.15, -0.1) is 0 Å². The molecule has 18 heavy (non-hydrogen) atoms. The van der Waals surface area contributed by atoms with Crippen LogP contribution in [-0.4, -0.2) is 30.2 Å². The molecule has 0 aliphatic carbocycles. The number of carboxylic acid groups (broad SMARTS) is 1. The number of nitrogens with one attached hydrogen (secondary N) is 1. The number of nitrogens with zero attached hydrogens (tertiary/aromatic N) is 3. The Morgan fingerprint density at radius 1 is 1.33 bits per heavy atom. The summed E-state index contributed by atoms with van der Waals surface area (Å²) in [5, 5.41) is 7.42. The first-order chi connectivity index (χ1) is 8.25. The van der Waals surface area contributed by atoms with Crippen molar-refractivity contribution in [2.24, 2.45) is 14.1 Å². The zero-order chi connectivity index (χ0) is 14.0. The molecule has 0 atom stereocenters. The number of H-pyrrole nitrogens is 1. The van der Waals surface area contributed by atoms with Crippen LogP contribution in [0.5, 0.6) is 0 Å². The Morgan fingerprint density at radius 3 is 2.33 bits per heavy atom. The van der Waals surface area contributed by atoms with E-state index in [2.05, 4.69) is 9.97 Å². The minimum absolute atomic E-state index is 0.326. The van der Waals surface area contributed by atoms with Crippen LogP contribution >= 0.6 is 0 Å². The van der Waals surface area contributed by atoms with Crippen LogP contribution in [0.1, 0.15) is 6.92 Å². The molecule has 0 aliphatic rings. The molecule has 0 bridgehead atoms. The maximum absolute atomic E-state index is 11.5. The van der Waals surface area contributed by atoms with Gasteiger partial charge in [0.15, 0.2) is 0 Å². The Kier molecular flexibility index (Phi) is 4.44. The molecule has 2 aromatic rings. The third-order valence-corrected chi connectivity index (χ3v) is 4.69. The normalized spacial score (nSPS) is 10.1. The Hall–Kier alpha value is -1.44. The quantitative estimate of drug-likeness (QED) is 0.472. The fraction of sp³-hybridized carbons (Fsp3) is 0.333. The van der Waals surface area contributed by atoms with E-state index < -0.39 is 11.7 Å². The number of hydrogen-bond donors (Lipinski definition) is 2. The van der Waals surface area contributed by atoms with Gasteiger partial charge in [0, 0.05) is 6.92 Å². The third-order valence-electron chi connectivity index (χ3n) is 2.23. The predicted molar refractivity (Wildman–Crippen MR) is 59.5 cm³/mol. The molecule has 93 valence electrons. The second-order valence-electron chi connectivity index (χ2n) is 3.60. The molecule has 8 nitrogen and oxygen atoms in total. The summed E-state index contributed by atoms with van der Waals surface area (Å²) >= 11 is 0.326. The summed E-state index contributed by atoms with van der Waals surface area (Å²) in [6.45, 7) is 1.08. The van der Waals surface area contributed by atoms with Crippen molar-refractivity contribution in [3.63, 3.8) is 0 Å². The van der Waals surface area contributed by atoms with Gasteiger partial charge in [-0.2, -0.15) is 0 Å². The Bertz CT molecular complexity index is 708. The number of aliphatic carboxylic acids is 1. The molecular weight excluding hydrogens is 429 g/mol. The number of hydrogen-bond acceptors (Lipinski definition) is 4. The summed E-state index contributed by atoms with van der Waals surface area (Å²) in [5.74, 6) is -0.833. The van der Waals surface area contributed by atoms with E-state index in [1.54, 1.807) is 18.7 Å². The number of aryl methyl sites for hydroxylation is 2. The van der Waals surface area contributed by atoms with Gasteiger partial charge in [0.2, 0.25) is 0 Å². The molecule has 0 radical (unpaired) electrons. The molecule has 0 amide bonds. The summed E-state index contributed by atoms with van der Waals surface area (Å²) in [4.78, 5) is 38.2. The first kappa shape index (κ1) is 14.6. The third kappa shape index (κ3) is 2.86. The van der Waals surface area contributed by atoms with E-state index >= 15 is 0 Å². The molecule has 0 aromatic carbocycles. The van der Waals surface area contributed by atoms with Crippen molar-refractivity contribution >= 4 is 20.5 Å². The van der Waals surface area contributed by atoms with Gasteiger partial charge in [-0.3, -0.25) is 4.79 Å². The van der Waals surface area contributed by atoms with Crippen molar-refractivity contribution < 1.29 is 36.0 Å². The first-order valence-corrected chi connectivity index (χ1v) is 7.67. The van der Waals surface area contributed by atoms with E-state index in [1.807, 2.05) is 0 Å². The predicted octanol–water partition coefficient (Wildman–Crippen LogP) is -1.78. The number of carboxylic acids is 1. The molecule has 2 rings (SSSR count). The monoisotopic (exact) mass is 441 g/mol. The van der Waals surface area contributed by atoms with Crippen LogP contribution in [0.3, 0.4) is 0 Å². The zero-order valence-corrected chi connectivity index (χ0v) is 15.7. The molecule has 0 unspecified atom stereocenters. The van der Waals surface area contributed by atoms with Crippen LogP contribution in [0.15, 0.2) is 9.59 Å². The summed E-state index contributed by atoms with van der Waals surface area (Å²) in [6.07, 6.45) is 0. The fourth-order valence-corrected chi connectivity index (χ4v) is 2.55. The number of aromatic amines is 1. The SMILES string of the molecule is CC(=O)O.Cn1[c]([Hg])nc2c1c(=O)[nH]c(=O)n2C. The molecule has 2 heterocycles. The minimum atomic E-state index is -0.833. The van der Waals surface area contributed by atoms with E-state index in [0.29, 0.717) is 37.3 Å². The van der Waals surface area contributed by atoms with Crippen molar-refractivity contribution in [1.29, 1.82) is 0 Å². The second kappa shape index (κ2) is 5.47. The molecule has 0 spiro atoms. The number of rotatable bonds is 0. The van der Waals surface area contributed by atoms with Crippen molar-refractivity contribution in [3.05, 3.63) is 20.8 Å². The summed E-state index contributed by atoms with van der Waals surface area (Å²) in [6, 6.07) is 0. The molecule has 0 saturated carbocycles. The second-order valence-corrected chi connectivity index (χ2v) is 6.06. The van der Waals surface area contributed by atoms with Gasteiger partial charge < -0.3 is 5.11 Å². The van der Waals surface area contributed by atoms with Gasteiger partial charge in [-0.1, -0.05) is 0 Å². The average Bonchev–Trinajstić information content (AvgIpc) is 2.52. The van der Waals surface area contributed by atoms with Crippen LogP contribution in [0.2, 0.25) is 0 Å². The Balaban J connectivity index is 0.000000357. The standard InChI is InChI=1S/C7H7N4O2.C2H4O2.Hg/c1-10-3-8-5-4(10)6(12)9-7(13)11(5)2;1-2(3)4;/h1-2H3,(H,9,12,13);1H3,(H,3,4);. The topological polar surface area (TPSA) is 110 Å². The van der Waals surface area contributed by atoms with Gasteiger partial charge in [-0.05, 0) is 0 Å². The van der Waals surface area contributed by atoms with E-state index in [1.165, 1.54) is 4.57 Å². The van der Waals surface area contributed by atoms with Crippen molar-refractivity contribution in [2.45, 2.75) is 6.92 Å². The maximum atomic E-state index is 11.5. The van der Waals surface area contributed by atoms with Gasteiger partial charge >= 0.3 is 94.7 Å². The van der Waals surface area contributed by atoms with Gasteiger partial charge in [0.25, 0.3) is 5.97 Å². The average molecular weight is 440 g/mol. The number of fused-ring (bicyclic) bond motifs is 1. The zero-order valence-electron chi connectivity index (χ0n) is 10.2. The van der Waals surface area contributed by atoms with Crippen molar-refractivity contribution in [2.75, 3.05) is 0 Å². The van der Waals surface area contributed by atoms with Crippen LogP contribution in [-0.2, 0) is 45.0 Å². The molecule has 0 aliphatic heterocycles. The van der Waals surface area contributed by atoms with Gasteiger partial charge in [0.05, 0.1) is 0 Å². The number of aromatic nitrogens is 4. The number of imidazole rings is 1. The molecular formula is C9H11HgN4O4. The van der Waals surface area contributed by atoms with Crippen LogP contribution in [0.25, 0.3) is 11.2 Å². The van der Waals surface area contributed by atoms with Crippen molar-refractivity contribution in [1.82, 2.24) is 19.1 Å². The van der Waals surface area contributed by atoms with Gasteiger partial charge in [0.1, 0.15) is 0 Å². The molecule has 2 N–H and O–H groups in total. The van der Waals surface area contributed by atoms with E-state index in [9.17, 15) is 9.59 Å². The molecule has 2 aromatic heterocycles. The Morgan fingerprint density at radius 2 is 1.83 bits per heavy atom. The van der Waals surface area contributed by atoms with E-state index in [-0.39, 0.29) is 5.56 Å². The summed E-state index contributed by atoms with van der Waals surface area (Å²) in [5.41, 5.74) is 0.145. The van der Waals surface area contributed by atoms with Gasteiger partial charge in [-0.25, -0.2) is 0 Å². The van der Waals surface area contributed by atoms with Crippen molar-refractivity contribution in [3.8, 4) is 0 Å². The van der Waals surface area contributed by atoms with Crippen LogP contribution in [0, 0.1) is 0 Å². The van der Waals surface area contributed by atoms with E-state index in [0.717, 1.165) is 10.3 Å². The number of carbonyl (C=O) groups is 1. The first-order valence-electron chi connectivity index (χ1n) is 4.93. The Labute approximate surface area is 117 Å². The van der Waals surface area contributed by atoms with Crippen LogP contribution in [0.4, 0.5) is 0 Å². The summed E-state index contributed by atoms with van der Waals surface area (Å²) < 4.78 is 4.00. The van der Waals surface area contributed by atoms with Crippen LogP contribution < -0.4 is 14.6 Å². The molecule has 0 saturated heterocycles. The van der Waals surface area contributed by atoms with E-state index in [4.69, 9.17) is 9.90 Å². The molecule has 9 heteroatoms.